The van der Waals surface area contributed by atoms with Gasteiger partial charge in [-0.1, -0.05) is 62.4 Å². The fraction of sp³-hybridized carbons (Fsp3) is 0.350. The van der Waals surface area contributed by atoms with E-state index in [4.69, 9.17) is 5.73 Å². The van der Waals surface area contributed by atoms with E-state index >= 15 is 0 Å². The summed E-state index contributed by atoms with van der Waals surface area (Å²) < 4.78 is 0. The van der Waals surface area contributed by atoms with E-state index in [2.05, 4.69) is 35.4 Å². The maximum absolute atomic E-state index is 6.17. The van der Waals surface area contributed by atoms with Crippen LogP contribution in [0.5, 0.6) is 0 Å². The molecule has 2 heteroatoms. The smallest absolute Gasteiger partial charge is 0.0660 e. The lowest BCUT2D eigenvalue weighted by Crippen LogP contribution is -2.05. The number of nitrogens with two attached hydrogens (primary N) is 1. The van der Waals surface area contributed by atoms with Crippen molar-refractivity contribution in [1.82, 2.24) is 0 Å². The van der Waals surface area contributed by atoms with Crippen LogP contribution in [0.4, 0.5) is 0 Å². The van der Waals surface area contributed by atoms with Crippen LogP contribution in [-0.2, 0) is 0 Å². The highest BCUT2D eigenvalue weighted by Crippen LogP contribution is 2.16. The number of nitrogens with zero attached hydrogens (tertiary/aromatic N) is 1. The number of rotatable bonds is 4. The Hall–Kier alpha value is -2.09. The van der Waals surface area contributed by atoms with Crippen molar-refractivity contribution in [3.8, 4) is 0 Å². The zero-order valence-electron chi connectivity index (χ0n) is 14.0. The summed E-state index contributed by atoms with van der Waals surface area (Å²) in [6.07, 6.45) is 13.0. The van der Waals surface area contributed by atoms with E-state index in [0.29, 0.717) is 0 Å². The number of aliphatic imine (C=N–C) groups is 1. The zero-order valence-corrected chi connectivity index (χ0v) is 14.0. The van der Waals surface area contributed by atoms with Gasteiger partial charge in [0.05, 0.1) is 5.71 Å². The van der Waals surface area contributed by atoms with E-state index in [9.17, 15) is 0 Å². The van der Waals surface area contributed by atoms with Crippen LogP contribution in [0.15, 0.2) is 70.9 Å². The quantitative estimate of drug-likeness (QED) is 0.777. The first-order chi connectivity index (χ1) is 10.8. The van der Waals surface area contributed by atoms with Gasteiger partial charge in [-0.25, -0.2) is 0 Å². The summed E-state index contributed by atoms with van der Waals surface area (Å²) in [7, 11) is 1.80. The summed E-state index contributed by atoms with van der Waals surface area (Å²) >= 11 is 0. The third-order valence-corrected chi connectivity index (χ3v) is 3.35. The average Bonchev–Trinajstić information content (AvgIpc) is 2.84. The third-order valence-electron chi connectivity index (χ3n) is 3.35. The van der Waals surface area contributed by atoms with Gasteiger partial charge in [-0.05, 0) is 36.5 Å². The lowest BCUT2D eigenvalue weighted by atomic mass is 10.1. The van der Waals surface area contributed by atoms with Crippen molar-refractivity contribution < 1.29 is 0 Å². The van der Waals surface area contributed by atoms with Gasteiger partial charge < -0.3 is 5.73 Å². The Bertz CT molecular complexity index is 548. The van der Waals surface area contributed by atoms with Crippen LogP contribution in [-0.4, -0.2) is 12.8 Å². The van der Waals surface area contributed by atoms with Gasteiger partial charge >= 0.3 is 0 Å². The summed E-state index contributed by atoms with van der Waals surface area (Å²) in [4.78, 5) is 4.33. The van der Waals surface area contributed by atoms with E-state index in [0.717, 1.165) is 36.2 Å². The molecule has 0 spiro atoms. The monoisotopic (exact) mass is 296 g/mol. The molecular weight excluding hydrogens is 268 g/mol. The Morgan fingerprint density at radius 3 is 2.59 bits per heavy atom. The molecule has 0 saturated carbocycles. The highest BCUT2D eigenvalue weighted by Gasteiger charge is 2.03. The first kappa shape index (κ1) is 18.0. The van der Waals surface area contributed by atoms with Gasteiger partial charge in [0.25, 0.3) is 0 Å². The van der Waals surface area contributed by atoms with Crippen LogP contribution in [0.1, 0.15) is 45.1 Å². The molecule has 0 amide bonds. The molecule has 0 saturated heterocycles. The van der Waals surface area contributed by atoms with Crippen molar-refractivity contribution in [3.63, 3.8) is 0 Å². The summed E-state index contributed by atoms with van der Waals surface area (Å²) in [5.41, 5.74) is 10.4. The van der Waals surface area contributed by atoms with Crippen molar-refractivity contribution in [1.29, 1.82) is 0 Å². The van der Waals surface area contributed by atoms with Crippen LogP contribution in [0.3, 0.4) is 0 Å². The lowest BCUT2D eigenvalue weighted by molar-refractivity contribution is 0.873. The van der Waals surface area contributed by atoms with Gasteiger partial charge in [0.1, 0.15) is 0 Å². The van der Waals surface area contributed by atoms with Gasteiger partial charge in [0.2, 0.25) is 0 Å². The standard InChI is InChI=1S/C18H22N2.C2H6/c1-20-18(16-11-7-4-8-12-16)14-17(19)13-15-9-5-2-3-6-10-15;1-2/h4-5,7-12,14H,2-3,6,13,19H2,1H3;1-2H3/b17-14-,20-18?;. The Kier molecular flexibility index (Phi) is 8.66. The first-order valence-corrected chi connectivity index (χ1v) is 8.13. The highest BCUT2D eigenvalue weighted by atomic mass is 14.7. The Morgan fingerprint density at radius 1 is 1.18 bits per heavy atom. The average molecular weight is 296 g/mol. The number of hydrogen-bond donors (Lipinski definition) is 1. The predicted octanol–water partition coefficient (Wildman–Crippen LogP) is 5.03. The number of allylic oxidation sites excluding steroid dienone is 5. The largest absolute Gasteiger partial charge is 0.402 e. The molecule has 1 aromatic carbocycles. The van der Waals surface area contributed by atoms with E-state index in [1.54, 1.807) is 7.05 Å². The lowest BCUT2D eigenvalue weighted by Gasteiger charge is -2.05. The Balaban J connectivity index is 0.00000116. The summed E-state index contributed by atoms with van der Waals surface area (Å²) in [6, 6.07) is 10.1. The molecule has 0 atom stereocenters. The molecular formula is C20H28N2. The number of hydrogen-bond acceptors (Lipinski definition) is 2. The molecule has 22 heavy (non-hydrogen) atoms. The second-order valence-electron chi connectivity index (χ2n) is 4.98. The molecule has 2 nitrogen and oxygen atoms in total. The molecule has 0 unspecified atom stereocenters. The summed E-state index contributed by atoms with van der Waals surface area (Å²) in [5, 5.41) is 0. The van der Waals surface area contributed by atoms with Crippen molar-refractivity contribution in [3.05, 3.63) is 71.5 Å². The van der Waals surface area contributed by atoms with Crippen LogP contribution < -0.4 is 5.73 Å². The molecule has 1 aromatic rings. The van der Waals surface area contributed by atoms with E-state index < -0.39 is 0 Å². The van der Waals surface area contributed by atoms with Gasteiger partial charge in [-0.2, -0.15) is 0 Å². The first-order valence-electron chi connectivity index (χ1n) is 8.13. The molecule has 2 rings (SSSR count). The summed E-state index contributed by atoms with van der Waals surface area (Å²) in [5.74, 6) is 0. The Labute approximate surface area is 135 Å². The fourth-order valence-corrected chi connectivity index (χ4v) is 2.31. The molecule has 1 aliphatic carbocycles. The van der Waals surface area contributed by atoms with Gasteiger partial charge in [-0.3, -0.25) is 4.99 Å². The zero-order chi connectivity index (χ0) is 16.2. The van der Waals surface area contributed by atoms with Gasteiger partial charge in [0.15, 0.2) is 0 Å². The second kappa shape index (κ2) is 10.6. The topological polar surface area (TPSA) is 38.4 Å². The Morgan fingerprint density at radius 2 is 1.91 bits per heavy atom. The van der Waals surface area contributed by atoms with Crippen molar-refractivity contribution in [2.24, 2.45) is 10.7 Å². The van der Waals surface area contributed by atoms with Crippen molar-refractivity contribution >= 4 is 5.71 Å². The molecule has 0 radical (unpaired) electrons. The molecule has 2 N–H and O–H groups in total. The fourth-order valence-electron chi connectivity index (χ4n) is 2.31. The van der Waals surface area contributed by atoms with Crippen molar-refractivity contribution in [2.75, 3.05) is 7.05 Å². The van der Waals surface area contributed by atoms with Crippen LogP contribution >= 0.6 is 0 Å². The minimum atomic E-state index is 0.794. The minimum absolute atomic E-state index is 0.794. The molecule has 0 aromatic heterocycles. The van der Waals surface area contributed by atoms with E-state index in [1.807, 2.05) is 38.1 Å². The van der Waals surface area contributed by atoms with E-state index in [1.165, 1.54) is 12.0 Å². The van der Waals surface area contributed by atoms with Crippen molar-refractivity contribution in [2.45, 2.75) is 39.5 Å². The molecule has 0 aliphatic heterocycles. The molecule has 1 aliphatic rings. The highest BCUT2D eigenvalue weighted by molar-refractivity contribution is 6.08. The number of benzene rings is 1. The van der Waals surface area contributed by atoms with Gasteiger partial charge in [-0.15, -0.1) is 0 Å². The second-order valence-corrected chi connectivity index (χ2v) is 4.98. The molecule has 0 fully saturated rings. The maximum atomic E-state index is 6.17. The molecule has 0 heterocycles. The SMILES string of the molecule is CC.CN=C(/C=C(\N)CC1=CCCCC=C1)c1ccccc1. The van der Waals surface area contributed by atoms with Crippen LogP contribution in [0, 0.1) is 0 Å². The predicted molar refractivity (Wildman–Crippen MR) is 98.2 cm³/mol. The van der Waals surface area contributed by atoms with Crippen LogP contribution in [0.2, 0.25) is 0 Å². The third kappa shape index (κ3) is 6.13. The van der Waals surface area contributed by atoms with Gasteiger partial charge in [0, 0.05) is 19.2 Å². The minimum Gasteiger partial charge on any atom is -0.402 e. The maximum Gasteiger partial charge on any atom is 0.0660 e. The summed E-state index contributed by atoms with van der Waals surface area (Å²) in [6.45, 7) is 4.00. The molecule has 0 bridgehead atoms. The normalized spacial score (nSPS) is 15.5. The molecule has 118 valence electrons. The van der Waals surface area contributed by atoms with Crippen LogP contribution in [0.25, 0.3) is 0 Å². The van der Waals surface area contributed by atoms with E-state index in [-0.39, 0.29) is 0 Å².